The Morgan fingerprint density at radius 2 is 1.89 bits per heavy atom. The molecule has 11 heteroatoms. The minimum absolute atomic E-state index is 0.213. The molecule has 3 aromatic carbocycles. The summed E-state index contributed by atoms with van der Waals surface area (Å²) in [4.78, 5) is 29.2. The number of fused-ring (bicyclic) bond motifs is 2. The number of primary amides is 1. The summed E-state index contributed by atoms with van der Waals surface area (Å²) in [7, 11) is 0. The van der Waals surface area contributed by atoms with Crippen molar-refractivity contribution in [3.8, 4) is 17.3 Å². The van der Waals surface area contributed by atoms with E-state index < -0.39 is 5.91 Å². The lowest BCUT2D eigenvalue weighted by atomic mass is 10.2. The van der Waals surface area contributed by atoms with Crippen molar-refractivity contribution >= 4 is 95.1 Å². The highest BCUT2D eigenvalue weighted by Crippen LogP contribution is 2.30. The van der Waals surface area contributed by atoms with Crippen molar-refractivity contribution in [2.75, 3.05) is 6.61 Å². The predicted octanol–water partition coefficient (Wildman–Crippen LogP) is 5.53. The second kappa shape index (κ2) is 10.3. The van der Waals surface area contributed by atoms with E-state index in [2.05, 4.69) is 66.2 Å². The van der Waals surface area contributed by atoms with Crippen molar-refractivity contribution in [2.45, 2.75) is 0 Å². The van der Waals surface area contributed by atoms with Crippen LogP contribution in [-0.4, -0.2) is 28.4 Å². The minimum atomic E-state index is -0.555. The summed E-state index contributed by atoms with van der Waals surface area (Å²) in [6, 6.07) is 18.3. The number of halogens is 3. The Morgan fingerprint density at radius 3 is 2.64 bits per heavy atom. The van der Waals surface area contributed by atoms with Gasteiger partial charge < -0.3 is 14.9 Å². The summed E-state index contributed by atoms with van der Waals surface area (Å²) in [6.45, 7) is -0.213. The number of hydrogen-bond acceptors (Lipinski definition) is 6. The molecule has 5 aromatic rings. The Bertz CT molecular complexity index is 1720. The van der Waals surface area contributed by atoms with Crippen molar-refractivity contribution in [1.82, 2.24) is 9.66 Å². The topological polar surface area (TPSA) is 113 Å². The fraction of sp³-hybridized carbons (Fsp3) is 0.0400. The van der Waals surface area contributed by atoms with Gasteiger partial charge >= 0.3 is 0 Å². The molecular weight excluding hydrogens is 754 g/mol. The molecule has 1 amide bonds. The van der Waals surface area contributed by atoms with Gasteiger partial charge in [-0.3, -0.25) is 9.59 Å². The quantitative estimate of drug-likeness (QED) is 0.181. The van der Waals surface area contributed by atoms with Crippen LogP contribution in [0.5, 0.6) is 5.75 Å². The fourth-order valence-electron chi connectivity index (χ4n) is 3.57. The standard InChI is InChI=1S/C25H15BrI2N4O4/c26-15-5-6-20-14(9-15)10-21(36-20)24-31-19-4-2-1-3-16(19)25(34)32(24)30-11-13-7-17(27)23(18(28)8-13)35-12-22(29)33/h1-11H,12H2,(H2,29,33). The number of para-hydroxylation sites is 1. The lowest BCUT2D eigenvalue weighted by Crippen LogP contribution is -2.21. The molecule has 0 aliphatic heterocycles. The third kappa shape index (κ3) is 5.04. The number of carbonyl (C=O) groups excluding carboxylic acids is 1. The van der Waals surface area contributed by atoms with Gasteiger partial charge in [-0.2, -0.15) is 9.78 Å². The van der Waals surface area contributed by atoms with Gasteiger partial charge in [-0.05, 0) is 99.3 Å². The lowest BCUT2D eigenvalue weighted by Gasteiger charge is -2.10. The number of ether oxygens (including phenoxy) is 1. The fourth-order valence-corrected chi connectivity index (χ4v) is 6.08. The van der Waals surface area contributed by atoms with Crippen LogP contribution in [-0.2, 0) is 4.79 Å². The summed E-state index contributed by atoms with van der Waals surface area (Å²) >= 11 is 7.70. The molecule has 2 N–H and O–H groups in total. The zero-order valence-corrected chi connectivity index (χ0v) is 24.1. The second-order valence-corrected chi connectivity index (χ2v) is 10.9. The number of benzene rings is 3. The molecule has 0 saturated carbocycles. The maximum absolute atomic E-state index is 13.4. The average molecular weight is 769 g/mol. The summed E-state index contributed by atoms with van der Waals surface area (Å²) in [5.74, 6) is 0.710. The van der Waals surface area contributed by atoms with Crippen LogP contribution in [0.3, 0.4) is 0 Å². The number of hydrogen-bond donors (Lipinski definition) is 1. The first-order chi connectivity index (χ1) is 17.3. The molecule has 0 unspecified atom stereocenters. The van der Waals surface area contributed by atoms with Crippen molar-refractivity contribution in [2.24, 2.45) is 10.8 Å². The van der Waals surface area contributed by atoms with Crippen molar-refractivity contribution in [1.29, 1.82) is 0 Å². The van der Waals surface area contributed by atoms with Gasteiger partial charge in [0.2, 0.25) is 5.82 Å². The highest BCUT2D eigenvalue weighted by molar-refractivity contribution is 14.1. The smallest absolute Gasteiger partial charge is 0.282 e. The normalized spacial score (nSPS) is 11.5. The number of rotatable bonds is 6. The Morgan fingerprint density at radius 1 is 1.14 bits per heavy atom. The van der Waals surface area contributed by atoms with E-state index in [1.54, 1.807) is 24.4 Å². The second-order valence-electron chi connectivity index (χ2n) is 7.68. The molecule has 5 rings (SSSR count). The van der Waals surface area contributed by atoms with E-state index in [1.807, 2.05) is 42.5 Å². The minimum Gasteiger partial charge on any atom is -0.482 e. The van der Waals surface area contributed by atoms with Crippen LogP contribution >= 0.6 is 61.1 Å². The lowest BCUT2D eigenvalue weighted by molar-refractivity contribution is -0.119. The van der Waals surface area contributed by atoms with Gasteiger partial charge in [0.25, 0.3) is 11.5 Å². The van der Waals surface area contributed by atoms with Gasteiger partial charge in [0.05, 0.1) is 24.3 Å². The Labute approximate surface area is 239 Å². The molecule has 36 heavy (non-hydrogen) atoms. The van der Waals surface area contributed by atoms with Gasteiger partial charge in [-0.15, -0.1) is 0 Å². The maximum Gasteiger partial charge on any atom is 0.282 e. The molecule has 0 aliphatic rings. The molecule has 2 aromatic heterocycles. The molecule has 0 saturated heterocycles. The van der Waals surface area contributed by atoms with Crippen molar-refractivity contribution in [3.05, 3.63) is 88.2 Å². The third-order valence-electron chi connectivity index (χ3n) is 5.15. The molecule has 0 radical (unpaired) electrons. The van der Waals surface area contributed by atoms with E-state index in [0.717, 1.165) is 22.6 Å². The third-order valence-corrected chi connectivity index (χ3v) is 7.25. The Kier molecular flexibility index (Phi) is 7.12. The summed E-state index contributed by atoms with van der Waals surface area (Å²) < 4.78 is 15.2. The van der Waals surface area contributed by atoms with E-state index in [9.17, 15) is 9.59 Å². The molecular formula is C25H15BrI2N4O4. The summed E-state index contributed by atoms with van der Waals surface area (Å²) in [5.41, 5.74) is 6.82. The van der Waals surface area contributed by atoms with E-state index >= 15 is 0 Å². The van der Waals surface area contributed by atoms with Crippen molar-refractivity contribution < 1.29 is 13.9 Å². The van der Waals surface area contributed by atoms with Gasteiger partial charge in [-0.1, -0.05) is 28.1 Å². The number of amides is 1. The van der Waals surface area contributed by atoms with E-state index in [4.69, 9.17) is 19.9 Å². The van der Waals surface area contributed by atoms with Crippen LogP contribution in [0.15, 0.2) is 79.4 Å². The average Bonchev–Trinajstić information content (AvgIpc) is 3.25. The molecule has 8 nitrogen and oxygen atoms in total. The first kappa shape index (κ1) is 24.9. The predicted molar refractivity (Wildman–Crippen MR) is 158 cm³/mol. The number of furan rings is 1. The van der Waals surface area contributed by atoms with Crippen LogP contribution < -0.4 is 16.0 Å². The van der Waals surface area contributed by atoms with Gasteiger partial charge in [-0.25, -0.2) is 4.98 Å². The van der Waals surface area contributed by atoms with E-state index in [-0.39, 0.29) is 18.0 Å². The first-order valence-electron chi connectivity index (χ1n) is 10.5. The van der Waals surface area contributed by atoms with Crippen LogP contribution in [0.2, 0.25) is 0 Å². The van der Waals surface area contributed by atoms with Crippen LogP contribution in [0.1, 0.15) is 5.56 Å². The van der Waals surface area contributed by atoms with Crippen LogP contribution in [0.25, 0.3) is 33.5 Å². The van der Waals surface area contributed by atoms with Gasteiger partial charge in [0.1, 0.15) is 11.3 Å². The van der Waals surface area contributed by atoms with Gasteiger partial charge in [0.15, 0.2) is 12.4 Å². The van der Waals surface area contributed by atoms with Crippen molar-refractivity contribution in [3.63, 3.8) is 0 Å². The zero-order valence-electron chi connectivity index (χ0n) is 18.2. The molecule has 0 aliphatic carbocycles. The highest BCUT2D eigenvalue weighted by atomic mass is 127. The van der Waals surface area contributed by atoms with Crippen LogP contribution in [0, 0.1) is 7.14 Å². The first-order valence-corrected chi connectivity index (χ1v) is 13.4. The number of nitrogens with two attached hydrogens (primary N) is 1. The molecule has 0 bridgehead atoms. The molecule has 2 heterocycles. The monoisotopic (exact) mass is 768 g/mol. The maximum atomic E-state index is 13.4. The molecule has 180 valence electrons. The van der Waals surface area contributed by atoms with E-state index in [0.29, 0.717) is 28.0 Å². The summed E-state index contributed by atoms with van der Waals surface area (Å²) in [5, 5.41) is 5.81. The number of aromatic nitrogens is 2. The van der Waals surface area contributed by atoms with Gasteiger partial charge in [0, 0.05) is 9.86 Å². The van der Waals surface area contributed by atoms with Crippen LogP contribution in [0.4, 0.5) is 0 Å². The number of nitrogens with zero attached hydrogens (tertiary/aromatic N) is 3. The highest BCUT2D eigenvalue weighted by Gasteiger charge is 2.17. The number of carbonyl (C=O) groups is 1. The summed E-state index contributed by atoms with van der Waals surface area (Å²) in [6.07, 6.45) is 1.57. The SMILES string of the molecule is NC(=O)COc1c(I)cc(C=Nn2c(-c3cc4cc(Br)ccc4o3)nc3ccccc3c2=O)cc1I. The Balaban J connectivity index is 1.62. The Hall–Kier alpha value is -2.78. The zero-order chi connectivity index (χ0) is 25.4. The molecule has 0 fully saturated rings. The van der Waals surface area contributed by atoms with E-state index in [1.165, 1.54) is 4.68 Å². The largest absolute Gasteiger partial charge is 0.482 e. The molecule has 0 spiro atoms. The molecule has 0 atom stereocenters.